The fraction of sp³-hybridized carbons (Fsp3) is 0.545. The molecule has 208 valence electrons. The molecule has 0 radical (unpaired) electrons. The first-order valence-electron chi connectivity index (χ1n) is 14.0. The molecule has 2 aromatic carbocycles. The van der Waals surface area contributed by atoms with Crippen LogP contribution in [0.4, 0.5) is 10.1 Å². The Labute approximate surface area is 227 Å². The third-order valence-electron chi connectivity index (χ3n) is 6.61. The average Bonchev–Trinajstić information content (AvgIpc) is 2.90. The van der Waals surface area contributed by atoms with Crippen LogP contribution in [0.2, 0.25) is 0 Å². The summed E-state index contributed by atoms with van der Waals surface area (Å²) in [7, 11) is 4.02. The number of likely N-dealkylation sites (tertiary alicyclic amines) is 1. The van der Waals surface area contributed by atoms with Crippen LogP contribution in [0.1, 0.15) is 89.8 Å². The summed E-state index contributed by atoms with van der Waals surface area (Å²) < 4.78 is 13.9. The Kier molecular flexibility index (Phi) is 18.3. The van der Waals surface area contributed by atoms with Crippen LogP contribution in [0.15, 0.2) is 49.0 Å². The molecule has 0 unspecified atom stereocenters. The maximum absolute atomic E-state index is 13.9. The molecule has 37 heavy (non-hydrogen) atoms. The summed E-state index contributed by atoms with van der Waals surface area (Å²) in [6, 6.07) is 13.1. The van der Waals surface area contributed by atoms with E-state index in [9.17, 15) is 9.18 Å². The van der Waals surface area contributed by atoms with Crippen molar-refractivity contribution in [2.75, 3.05) is 32.1 Å². The topological polar surface area (TPSA) is 23.6 Å². The van der Waals surface area contributed by atoms with Crippen LogP contribution in [-0.2, 0) is 4.79 Å². The molecule has 0 N–H and O–H groups in total. The Hall–Kier alpha value is -2.46. The molecule has 3 rings (SSSR count). The van der Waals surface area contributed by atoms with Crippen molar-refractivity contribution in [1.29, 1.82) is 0 Å². The van der Waals surface area contributed by atoms with Crippen molar-refractivity contribution in [3.05, 3.63) is 71.6 Å². The highest BCUT2D eigenvalue weighted by Gasteiger charge is 2.19. The highest BCUT2D eigenvalue weighted by molar-refractivity contribution is 5.79. The van der Waals surface area contributed by atoms with Gasteiger partial charge >= 0.3 is 0 Å². The number of piperidine rings is 1. The largest absolute Gasteiger partial charge is 0.344 e. The second-order valence-electron chi connectivity index (χ2n) is 9.96. The van der Waals surface area contributed by atoms with Gasteiger partial charge in [0.15, 0.2) is 0 Å². The Balaban J connectivity index is 0.000000599. The number of para-hydroxylation sites is 1. The number of benzene rings is 2. The zero-order valence-electron chi connectivity index (χ0n) is 25.2. The van der Waals surface area contributed by atoms with E-state index in [0.717, 1.165) is 42.7 Å². The maximum atomic E-state index is 13.9. The minimum atomic E-state index is -0.240. The van der Waals surface area contributed by atoms with Gasteiger partial charge in [-0.05, 0) is 77.5 Å². The molecule has 1 aliphatic rings. The predicted octanol–water partition coefficient (Wildman–Crippen LogP) is 9.08. The predicted molar refractivity (Wildman–Crippen MR) is 162 cm³/mol. The van der Waals surface area contributed by atoms with E-state index in [2.05, 4.69) is 46.2 Å². The zero-order valence-corrected chi connectivity index (χ0v) is 25.2. The molecule has 1 aliphatic heterocycles. The number of unbranched alkanes of at least 4 members (excludes halogenated alkanes) is 2. The third kappa shape index (κ3) is 13.6. The number of rotatable bonds is 6. The van der Waals surface area contributed by atoms with Crippen LogP contribution >= 0.6 is 0 Å². The van der Waals surface area contributed by atoms with Crippen LogP contribution in [0.3, 0.4) is 0 Å². The Bertz CT molecular complexity index is 908. The molecule has 1 saturated heterocycles. The Morgan fingerprint density at radius 2 is 1.49 bits per heavy atom. The minimum Gasteiger partial charge on any atom is -0.344 e. The molecule has 4 heteroatoms. The van der Waals surface area contributed by atoms with Gasteiger partial charge in [0.25, 0.3) is 0 Å². The SMILES string of the molecule is C=C(c1cc(C)ccc1F)N(C)c1ccccc1C.CC(=O)C1CCN(C)CC1.CCCC.CCCC. The molecule has 1 fully saturated rings. The van der Waals surface area contributed by atoms with Gasteiger partial charge < -0.3 is 9.80 Å². The standard InChI is InChI=1S/C17H18FN.C8H15NO.2C4H10/c1-12-9-10-16(18)15(11-12)14(3)19(4)17-8-6-5-7-13(17)2;1-7(10)8-3-5-9(2)6-4-8;2*1-3-4-2/h5-11H,3H2,1-2,4H3;8H,3-6H2,1-2H3;2*3-4H2,1-2H3. The van der Waals surface area contributed by atoms with Gasteiger partial charge in [-0.3, -0.25) is 4.79 Å². The van der Waals surface area contributed by atoms with E-state index >= 15 is 0 Å². The fourth-order valence-electron chi connectivity index (χ4n) is 3.54. The van der Waals surface area contributed by atoms with Crippen molar-refractivity contribution in [1.82, 2.24) is 4.90 Å². The van der Waals surface area contributed by atoms with Gasteiger partial charge in [-0.15, -0.1) is 0 Å². The third-order valence-corrected chi connectivity index (χ3v) is 6.61. The van der Waals surface area contributed by atoms with Gasteiger partial charge in [0.05, 0.1) is 0 Å². The van der Waals surface area contributed by atoms with E-state index in [1.165, 1.54) is 31.7 Å². The summed E-state index contributed by atoms with van der Waals surface area (Å²) in [4.78, 5) is 15.1. The number of halogens is 1. The number of carbonyl (C=O) groups excluding carboxylic acids is 1. The van der Waals surface area contributed by atoms with E-state index in [1.54, 1.807) is 13.0 Å². The lowest BCUT2D eigenvalue weighted by molar-refractivity contribution is -0.121. The van der Waals surface area contributed by atoms with Crippen molar-refractivity contribution < 1.29 is 9.18 Å². The lowest BCUT2D eigenvalue weighted by atomic mass is 9.94. The molecule has 3 nitrogen and oxygen atoms in total. The summed E-state index contributed by atoms with van der Waals surface area (Å²) >= 11 is 0. The van der Waals surface area contributed by atoms with Gasteiger partial charge in [-0.1, -0.05) is 89.8 Å². The Morgan fingerprint density at radius 1 is 0.973 bits per heavy atom. The van der Waals surface area contributed by atoms with Gasteiger partial charge in [0.2, 0.25) is 0 Å². The number of hydrogen-bond donors (Lipinski definition) is 0. The first-order chi connectivity index (χ1) is 17.5. The normalized spacial score (nSPS) is 13.1. The van der Waals surface area contributed by atoms with Crippen molar-refractivity contribution >= 4 is 17.2 Å². The van der Waals surface area contributed by atoms with E-state index in [-0.39, 0.29) is 5.82 Å². The molecular formula is C33H53FN2O. The highest BCUT2D eigenvalue weighted by Crippen LogP contribution is 2.28. The summed E-state index contributed by atoms with van der Waals surface area (Å²) in [5, 5.41) is 0. The molecule has 1 heterocycles. The fourth-order valence-corrected chi connectivity index (χ4v) is 3.54. The second kappa shape index (κ2) is 19.6. The molecule has 2 aromatic rings. The van der Waals surface area contributed by atoms with Crippen molar-refractivity contribution in [3.8, 4) is 0 Å². The van der Waals surface area contributed by atoms with Crippen molar-refractivity contribution in [3.63, 3.8) is 0 Å². The molecule has 0 spiro atoms. The molecule has 0 amide bonds. The minimum absolute atomic E-state index is 0.240. The second-order valence-corrected chi connectivity index (χ2v) is 9.96. The lowest BCUT2D eigenvalue weighted by Crippen LogP contribution is -2.32. The van der Waals surface area contributed by atoms with E-state index < -0.39 is 0 Å². The number of ketones is 1. The number of anilines is 1. The summed E-state index contributed by atoms with van der Waals surface area (Å²) in [5.41, 5.74) is 4.41. The van der Waals surface area contributed by atoms with Gasteiger partial charge in [0, 0.05) is 29.9 Å². The van der Waals surface area contributed by atoms with Crippen LogP contribution in [0.25, 0.3) is 5.70 Å². The summed E-state index contributed by atoms with van der Waals surface area (Å²) in [6.07, 6.45) is 7.40. The number of hydrogen-bond acceptors (Lipinski definition) is 3. The van der Waals surface area contributed by atoms with E-state index in [0.29, 0.717) is 23.0 Å². The van der Waals surface area contributed by atoms with Gasteiger partial charge in [-0.25, -0.2) is 4.39 Å². The van der Waals surface area contributed by atoms with Crippen LogP contribution in [0, 0.1) is 25.6 Å². The summed E-state index contributed by atoms with van der Waals surface area (Å²) in [6.45, 7) is 20.6. The van der Waals surface area contributed by atoms with Gasteiger partial charge in [0.1, 0.15) is 11.6 Å². The molecule has 0 aliphatic carbocycles. The maximum Gasteiger partial charge on any atom is 0.133 e. The molecule has 0 bridgehead atoms. The number of carbonyl (C=O) groups is 1. The first-order valence-corrected chi connectivity index (χ1v) is 14.0. The number of aryl methyl sites for hydroxylation is 2. The van der Waals surface area contributed by atoms with Gasteiger partial charge in [-0.2, -0.15) is 0 Å². The van der Waals surface area contributed by atoms with Crippen LogP contribution in [-0.4, -0.2) is 37.9 Å². The molecule has 0 atom stereocenters. The Morgan fingerprint density at radius 3 is 1.95 bits per heavy atom. The van der Waals surface area contributed by atoms with E-state index in [1.807, 2.05) is 56.1 Å². The molecule has 0 saturated carbocycles. The smallest absolute Gasteiger partial charge is 0.133 e. The summed E-state index contributed by atoms with van der Waals surface area (Å²) in [5.74, 6) is 0.486. The van der Waals surface area contributed by atoms with Crippen LogP contribution < -0.4 is 4.90 Å². The molecule has 0 aromatic heterocycles. The number of nitrogens with zero attached hydrogens (tertiary/aromatic N) is 2. The lowest BCUT2D eigenvalue weighted by Gasteiger charge is -2.26. The van der Waals surface area contributed by atoms with Crippen LogP contribution in [0.5, 0.6) is 0 Å². The average molecular weight is 513 g/mol. The zero-order chi connectivity index (χ0) is 28.4. The first kappa shape index (κ1) is 34.5. The monoisotopic (exact) mass is 512 g/mol. The van der Waals surface area contributed by atoms with Crippen molar-refractivity contribution in [2.24, 2.45) is 5.92 Å². The number of Topliss-reactive ketones (excluding diaryl/α,β-unsaturated/α-hetero) is 1. The quantitative estimate of drug-likeness (QED) is 0.386. The molecular weight excluding hydrogens is 459 g/mol. The van der Waals surface area contributed by atoms with E-state index in [4.69, 9.17) is 0 Å². The van der Waals surface area contributed by atoms with Crippen molar-refractivity contribution in [2.45, 2.75) is 87.0 Å². The highest BCUT2D eigenvalue weighted by atomic mass is 19.1.